The molecule has 0 radical (unpaired) electrons. The lowest BCUT2D eigenvalue weighted by molar-refractivity contribution is 0.112. The number of phenolic OH excluding ortho intramolecular Hbond substituents is 2. The van der Waals surface area contributed by atoms with Crippen molar-refractivity contribution in [1.82, 2.24) is 23.7 Å². The van der Waals surface area contributed by atoms with Crippen molar-refractivity contribution in [3.8, 4) is 11.5 Å². The molecule has 3 N–H and O–H groups in total. The Hall–Kier alpha value is -3.67. The smallest absolute Gasteiger partial charge is 0.332 e. The van der Waals surface area contributed by atoms with Gasteiger partial charge in [-0.25, -0.2) is 9.78 Å². The van der Waals surface area contributed by atoms with Crippen LogP contribution in [0.1, 0.15) is 18.1 Å². The third kappa shape index (κ3) is 4.03. The van der Waals surface area contributed by atoms with E-state index in [-0.39, 0.29) is 41.3 Å². The Morgan fingerprint density at radius 2 is 1.80 bits per heavy atom. The number of hydrogen-bond donors (Lipinski definition) is 3. The molecule has 1 atom stereocenters. The molecule has 3 rings (SSSR count). The van der Waals surface area contributed by atoms with Crippen LogP contribution < -0.4 is 11.2 Å². The predicted molar refractivity (Wildman–Crippen MR) is 107 cm³/mol. The molecule has 3 aromatic rings. The zero-order chi connectivity index (χ0) is 22.0. The van der Waals surface area contributed by atoms with Gasteiger partial charge in [-0.05, 0) is 24.1 Å². The normalized spacial score (nSPS) is 12.2. The summed E-state index contributed by atoms with van der Waals surface area (Å²) in [7, 11) is 2.92. The molecule has 0 bridgehead atoms. The van der Waals surface area contributed by atoms with Gasteiger partial charge in [0, 0.05) is 33.3 Å². The third-order valence-electron chi connectivity index (χ3n) is 4.84. The van der Waals surface area contributed by atoms with Gasteiger partial charge < -0.3 is 19.9 Å². The summed E-state index contributed by atoms with van der Waals surface area (Å²) in [5, 5.41) is 33.3. The first-order valence-electron chi connectivity index (χ1n) is 9.13. The maximum Gasteiger partial charge on any atom is 0.332 e. The highest BCUT2D eigenvalue weighted by Gasteiger charge is 2.17. The van der Waals surface area contributed by atoms with E-state index in [1.165, 1.54) is 37.1 Å². The van der Waals surface area contributed by atoms with E-state index in [0.29, 0.717) is 13.0 Å². The predicted octanol–water partition coefficient (Wildman–Crippen LogP) is -0.0480. The molecule has 0 aliphatic carbocycles. The van der Waals surface area contributed by atoms with Crippen LogP contribution in [0, 0.1) is 4.91 Å². The van der Waals surface area contributed by atoms with E-state index in [4.69, 9.17) is 0 Å². The van der Waals surface area contributed by atoms with Crippen molar-refractivity contribution in [2.24, 2.45) is 19.4 Å². The van der Waals surface area contributed by atoms with E-state index >= 15 is 0 Å². The maximum absolute atomic E-state index is 12.4. The Balaban J connectivity index is 1.68. The summed E-state index contributed by atoms with van der Waals surface area (Å²) in [6.07, 6.45) is 0.701. The molecule has 160 valence electrons. The quantitative estimate of drug-likeness (QED) is 0.340. The highest BCUT2D eigenvalue weighted by atomic mass is 16.3. The molecule has 0 saturated heterocycles. The van der Waals surface area contributed by atoms with Crippen molar-refractivity contribution in [2.75, 3.05) is 13.1 Å². The lowest BCUT2D eigenvalue weighted by Gasteiger charge is -2.20. The number of benzene rings is 1. The van der Waals surface area contributed by atoms with Crippen LogP contribution in [0.2, 0.25) is 0 Å². The maximum atomic E-state index is 12.4. The average molecular weight is 418 g/mol. The number of phenols is 2. The molecule has 1 aromatic carbocycles. The van der Waals surface area contributed by atoms with Crippen molar-refractivity contribution < 1.29 is 15.3 Å². The van der Waals surface area contributed by atoms with Crippen LogP contribution in [0.4, 0.5) is 0 Å². The molecule has 0 aliphatic heterocycles. The Morgan fingerprint density at radius 1 is 1.13 bits per heavy atom. The van der Waals surface area contributed by atoms with Crippen LogP contribution in [0.25, 0.3) is 11.2 Å². The number of imidazole rings is 1. The SMILES string of the molecule is Cn1c(=O)c2c(ncn2CCCN(CC(O)c2cc(O)cc(O)c2)N=O)n(C)c1=O. The van der Waals surface area contributed by atoms with Crippen LogP contribution >= 0.6 is 0 Å². The number of aromatic nitrogens is 4. The minimum atomic E-state index is -1.16. The topological polar surface area (TPSA) is 155 Å². The number of aryl methyl sites for hydroxylation is 2. The number of rotatable bonds is 8. The van der Waals surface area contributed by atoms with E-state index in [0.717, 1.165) is 15.6 Å². The fraction of sp³-hybridized carbons (Fsp3) is 0.389. The number of nitrogens with zero attached hydrogens (tertiary/aromatic N) is 6. The Kier molecular flexibility index (Phi) is 5.87. The summed E-state index contributed by atoms with van der Waals surface area (Å²) in [5.74, 6) is -0.421. The number of fused-ring (bicyclic) bond motifs is 1. The number of aliphatic hydroxyl groups is 1. The van der Waals surface area contributed by atoms with Crippen LogP contribution in [-0.4, -0.2) is 52.1 Å². The summed E-state index contributed by atoms with van der Waals surface area (Å²) < 4.78 is 3.89. The van der Waals surface area contributed by atoms with E-state index in [1.54, 1.807) is 4.57 Å². The van der Waals surface area contributed by atoms with Crippen molar-refractivity contribution in [3.63, 3.8) is 0 Å². The van der Waals surface area contributed by atoms with E-state index in [9.17, 15) is 29.8 Å². The molecule has 30 heavy (non-hydrogen) atoms. The first-order chi connectivity index (χ1) is 14.2. The van der Waals surface area contributed by atoms with Gasteiger partial charge in [0.15, 0.2) is 11.2 Å². The van der Waals surface area contributed by atoms with Gasteiger partial charge in [0.1, 0.15) is 11.5 Å². The molecular formula is C18H22N6O6. The van der Waals surface area contributed by atoms with Gasteiger partial charge in [-0.1, -0.05) is 0 Å². The molecule has 0 saturated carbocycles. The second kappa shape index (κ2) is 8.37. The molecule has 12 nitrogen and oxygen atoms in total. The first kappa shape index (κ1) is 21.0. The fourth-order valence-corrected chi connectivity index (χ4v) is 3.27. The molecule has 0 amide bonds. The Morgan fingerprint density at radius 3 is 2.43 bits per heavy atom. The van der Waals surface area contributed by atoms with Gasteiger partial charge in [0.25, 0.3) is 5.56 Å². The molecule has 1 unspecified atom stereocenters. The average Bonchev–Trinajstić information content (AvgIpc) is 3.13. The summed E-state index contributed by atoms with van der Waals surface area (Å²) in [4.78, 5) is 39.7. The van der Waals surface area contributed by atoms with Crippen LogP contribution in [0.5, 0.6) is 11.5 Å². The highest BCUT2D eigenvalue weighted by molar-refractivity contribution is 5.69. The highest BCUT2D eigenvalue weighted by Crippen LogP contribution is 2.25. The van der Waals surface area contributed by atoms with Gasteiger partial charge in [0.2, 0.25) is 0 Å². The molecule has 0 aliphatic rings. The zero-order valence-corrected chi connectivity index (χ0v) is 16.5. The van der Waals surface area contributed by atoms with Gasteiger partial charge in [-0.3, -0.25) is 18.9 Å². The standard InChI is InChI=1S/C18H22N6O6/c1-21-16-15(17(28)22(2)18(21)29)23(10-19-16)4-3-5-24(20-30)9-14(27)11-6-12(25)8-13(26)7-11/h6-8,10,14,25-27H,3-5,9H2,1-2H3. The Bertz CT molecular complexity index is 1180. The number of aromatic hydroxyl groups is 2. The molecule has 0 fully saturated rings. The second-order valence-corrected chi connectivity index (χ2v) is 6.96. The minimum Gasteiger partial charge on any atom is -0.508 e. The number of hydrogen-bond acceptors (Lipinski definition) is 8. The fourth-order valence-electron chi connectivity index (χ4n) is 3.27. The monoisotopic (exact) mass is 418 g/mol. The Labute approximate surface area is 169 Å². The third-order valence-corrected chi connectivity index (χ3v) is 4.84. The summed E-state index contributed by atoms with van der Waals surface area (Å²) >= 11 is 0. The first-order valence-corrected chi connectivity index (χ1v) is 9.13. The van der Waals surface area contributed by atoms with Gasteiger partial charge in [0.05, 0.1) is 24.3 Å². The number of aliphatic hydroxyl groups excluding tert-OH is 1. The largest absolute Gasteiger partial charge is 0.508 e. The van der Waals surface area contributed by atoms with Crippen LogP contribution in [0.15, 0.2) is 39.4 Å². The molecule has 2 heterocycles. The van der Waals surface area contributed by atoms with Crippen molar-refractivity contribution in [3.05, 3.63) is 55.8 Å². The van der Waals surface area contributed by atoms with Crippen molar-refractivity contribution in [2.45, 2.75) is 19.1 Å². The summed E-state index contributed by atoms with van der Waals surface area (Å²) in [6.45, 7) is 0.365. The molecule has 12 heteroatoms. The second-order valence-electron chi connectivity index (χ2n) is 6.96. The zero-order valence-electron chi connectivity index (χ0n) is 16.5. The van der Waals surface area contributed by atoms with Crippen LogP contribution in [0.3, 0.4) is 0 Å². The van der Waals surface area contributed by atoms with Gasteiger partial charge in [-0.15, -0.1) is 4.91 Å². The summed E-state index contributed by atoms with van der Waals surface area (Å²) in [5.41, 5.74) is -0.143. The van der Waals surface area contributed by atoms with Crippen molar-refractivity contribution in [1.29, 1.82) is 0 Å². The van der Waals surface area contributed by atoms with E-state index in [2.05, 4.69) is 10.3 Å². The minimum absolute atomic E-state index is 0.145. The van der Waals surface area contributed by atoms with Crippen molar-refractivity contribution >= 4 is 11.2 Å². The molecular weight excluding hydrogens is 396 g/mol. The van der Waals surface area contributed by atoms with E-state index in [1.807, 2.05) is 0 Å². The van der Waals surface area contributed by atoms with E-state index < -0.39 is 17.4 Å². The molecule has 0 spiro atoms. The lowest BCUT2D eigenvalue weighted by Crippen LogP contribution is -2.37. The number of nitroso groups, excluding NO2 is 1. The summed E-state index contributed by atoms with van der Waals surface area (Å²) in [6, 6.07) is 3.69. The van der Waals surface area contributed by atoms with Gasteiger partial charge in [-0.2, -0.15) is 0 Å². The van der Waals surface area contributed by atoms with Gasteiger partial charge >= 0.3 is 5.69 Å². The molecule has 2 aromatic heterocycles. The lowest BCUT2D eigenvalue weighted by atomic mass is 10.1. The van der Waals surface area contributed by atoms with Crippen LogP contribution in [-0.2, 0) is 20.6 Å².